The Bertz CT molecular complexity index is 1380. The molecule has 0 amide bonds. The first kappa shape index (κ1) is 21.0. The molecule has 0 N–H and O–H groups in total. The molecule has 0 saturated heterocycles. The molecular weight excluding hydrogens is 420 g/mol. The fourth-order valence-electron chi connectivity index (χ4n) is 3.67. The summed E-state index contributed by atoms with van der Waals surface area (Å²) in [5, 5.41) is 14.1. The van der Waals surface area contributed by atoms with Crippen LogP contribution < -0.4 is 5.56 Å². The van der Waals surface area contributed by atoms with Gasteiger partial charge in [0.2, 0.25) is 11.7 Å². The number of imidazole rings is 1. The monoisotopic (exact) mass is 440 g/mol. The van der Waals surface area contributed by atoms with Crippen LogP contribution in [0, 0.1) is 11.3 Å². The highest BCUT2D eigenvalue weighted by Gasteiger charge is 2.25. The highest BCUT2D eigenvalue weighted by Crippen LogP contribution is 2.30. The molecular formula is C21H21ClN6O3. The normalized spacial score (nSPS) is 13.5. The highest BCUT2D eigenvalue weighted by molar-refractivity contribution is 6.32. The summed E-state index contributed by atoms with van der Waals surface area (Å²) in [4.78, 5) is 22.5. The molecule has 0 aliphatic rings. The zero-order valence-corrected chi connectivity index (χ0v) is 18.3. The molecule has 0 spiro atoms. The van der Waals surface area contributed by atoms with Crippen LogP contribution in [0.2, 0.25) is 5.02 Å². The molecule has 0 bridgehead atoms. The van der Waals surface area contributed by atoms with Gasteiger partial charge in [0.1, 0.15) is 23.6 Å². The first-order chi connectivity index (χ1) is 14.9. The van der Waals surface area contributed by atoms with E-state index >= 15 is 0 Å². The van der Waals surface area contributed by atoms with Crippen LogP contribution in [-0.4, -0.2) is 37.8 Å². The van der Waals surface area contributed by atoms with E-state index in [1.165, 1.54) is 6.33 Å². The number of methoxy groups -OCH3 is 1. The molecule has 4 rings (SSSR count). The Morgan fingerprint density at radius 3 is 2.77 bits per heavy atom. The fraction of sp³-hybridized carbons (Fsp3) is 0.381. The van der Waals surface area contributed by atoms with Crippen LogP contribution in [-0.2, 0) is 4.74 Å². The van der Waals surface area contributed by atoms with Gasteiger partial charge in [-0.3, -0.25) is 9.20 Å². The van der Waals surface area contributed by atoms with E-state index in [2.05, 4.69) is 21.2 Å². The summed E-state index contributed by atoms with van der Waals surface area (Å²) in [5.41, 5.74) is 1.70. The number of hydrogen-bond donors (Lipinski definition) is 0. The van der Waals surface area contributed by atoms with Crippen molar-refractivity contribution in [3.8, 4) is 17.6 Å². The molecule has 0 aliphatic carbocycles. The van der Waals surface area contributed by atoms with Crippen molar-refractivity contribution in [3.05, 3.63) is 45.3 Å². The summed E-state index contributed by atoms with van der Waals surface area (Å²) in [5.74, 6) is 0.528. The van der Waals surface area contributed by atoms with E-state index in [0.29, 0.717) is 46.2 Å². The molecule has 2 unspecified atom stereocenters. The number of rotatable bonds is 6. The van der Waals surface area contributed by atoms with E-state index in [1.807, 2.05) is 20.8 Å². The van der Waals surface area contributed by atoms with E-state index in [-0.39, 0.29) is 28.9 Å². The molecule has 3 heterocycles. The number of aromatic nitrogens is 5. The number of halogens is 1. The quantitative estimate of drug-likeness (QED) is 0.446. The van der Waals surface area contributed by atoms with Crippen molar-refractivity contribution in [2.45, 2.75) is 39.2 Å². The van der Waals surface area contributed by atoms with Crippen LogP contribution in [0.4, 0.5) is 0 Å². The largest absolute Gasteiger partial charge is 0.384 e. The van der Waals surface area contributed by atoms with Gasteiger partial charge in [0.25, 0.3) is 5.56 Å². The van der Waals surface area contributed by atoms with Crippen molar-refractivity contribution in [2.75, 3.05) is 13.7 Å². The molecule has 9 nitrogen and oxygen atoms in total. The van der Waals surface area contributed by atoms with E-state index < -0.39 is 0 Å². The third kappa shape index (κ3) is 3.28. The van der Waals surface area contributed by atoms with Crippen molar-refractivity contribution in [2.24, 2.45) is 0 Å². The number of benzene rings is 1. The Morgan fingerprint density at radius 2 is 2.10 bits per heavy atom. The maximum absolute atomic E-state index is 13.7. The lowest BCUT2D eigenvalue weighted by Gasteiger charge is -2.19. The Kier molecular flexibility index (Phi) is 5.52. The molecule has 0 radical (unpaired) electrons. The van der Waals surface area contributed by atoms with Crippen molar-refractivity contribution >= 4 is 28.2 Å². The summed E-state index contributed by atoms with van der Waals surface area (Å²) in [6, 6.07) is 5.39. The third-order valence-electron chi connectivity index (χ3n) is 5.43. The smallest absolute Gasteiger partial charge is 0.278 e. The summed E-state index contributed by atoms with van der Waals surface area (Å²) in [6.07, 6.45) is 2.21. The van der Waals surface area contributed by atoms with Crippen LogP contribution in [0.5, 0.6) is 0 Å². The van der Waals surface area contributed by atoms with Gasteiger partial charge in [-0.05, 0) is 25.5 Å². The van der Waals surface area contributed by atoms with Crippen LogP contribution in [0.1, 0.15) is 50.6 Å². The predicted octanol–water partition coefficient (Wildman–Crippen LogP) is 3.95. The number of nitriles is 1. The second kappa shape index (κ2) is 8.13. The minimum atomic E-state index is -0.301. The topological polar surface area (TPSA) is 111 Å². The van der Waals surface area contributed by atoms with Gasteiger partial charge in [0.15, 0.2) is 0 Å². The average molecular weight is 441 g/mol. The second-order valence-electron chi connectivity index (χ2n) is 7.46. The second-order valence-corrected chi connectivity index (χ2v) is 7.87. The standard InChI is InChI=1S/C21H21ClN6O3/c1-5-12(3)28-17-13(8-23)14(22)6-7-15(17)27-10-24-16(18(27)21(28)29)19-25-20(31-26-19)11(2)9-30-4/h6-7,10-12H,5,9H2,1-4H3. The lowest BCUT2D eigenvalue weighted by molar-refractivity contribution is 0.170. The van der Waals surface area contributed by atoms with E-state index in [0.717, 1.165) is 0 Å². The molecule has 0 saturated carbocycles. The Morgan fingerprint density at radius 1 is 1.32 bits per heavy atom. The van der Waals surface area contributed by atoms with Gasteiger partial charge in [-0.2, -0.15) is 10.2 Å². The van der Waals surface area contributed by atoms with E-state index in [9.17, 15) is 10.1 Å². The van der Waals surface area contributed by atoms with Crippen LogP contribution in [0.15, 0.2) is 27.8 Å². The molecule has 3 aromatic heterocycles. The van der Waals surface area contributed by atoms with Gasteiger partial charge in [-0.1, -0.05) is 30.6 Å². The van der Waals surface area contributed by atoms with Crippen LogP contribution in [0.3, 0.4) is 0 Å². The number of hydrogen-bond acceptors (Lipinski definition) is 7. The lowest BCUT2D eigenvalue weighted by Crippen LogP contribution is -2.26. The van der Waals surface area contributed by atoms with Crippen molar-refractivity contribution in [3.63, 3.8) is 0 Å². The third-order valence-corrected chi connectivity index (χ3v) is 5.75. The summed E-state index contributed by atoms with van der Waals surface area (Å²) in [6.45, 7) is 6.23. The first-order valence-electron chi connectivity index (χ1n) is 9.89. The highest BCUT2D eigenvalue weighted by atomic mass is 35.5. The molecule has 160 valence electrons. The van der Waals surface area contributed by atoms with Crippen molar-refractivity contribution in [1.82, 2.24) is 24.1 Å². The molecule has 10 heteroatoms. The van der Waals surface area contributed by atoms with Gasteiger partial charge in [0, 0.05) is 13.2 Å². The summed E-state index contributed by atoms with van der Waals surface area (Å²) >= 11 is 6.28. The zero-order valence-electron chi connectivity index (χ0n) is 17.6. The number of fused-ring (bicyclic) bond motifs is 3. The predicted molar refractivity (Wildman–Crippen MR) is 115 cm³/mol. The first-order valence-corrected chi connectivity index (χ1v) is 10.3. The SMILES string of the molecule is CCC(C)n1c(=O)c2c(-c3noc(C(C)COC)n3)ncn2c2ccc(Cl)c(C#N)c21. The van der Waals surface area contributed by atoms with Gasteiger partial charge < -0.3 is 13.8 Å². The summed E-state index contributed by atoms with van der Waals surface area (Å²) < 4.78 is 13.8. The van der Waals surface area contributed by atoms with Gasteiger partial charge >= 0.3 is 0 Å². The molecule has 1 aromatic carbocycles. The maximum Gasteiger partial charge on any atom is 0.278 e. The molecule has 2 atom stereocenters. The Hall–Kier alpha value is -3.22. The number of ether oxygens (including phenoxy) is 1. The van der Waals surface area contributed by atoms with E-state index in [4.69, 9.17) is 20.9 Å². The Labute approximate surface area is 182 Å². The van der Waals surface area contributed by atoms with Crippen LogP contribution in [0.25, 0.3) is 28.1 Å². The van der Waals surface area contributed by atoms with Gasteiger partial charge in [-0.25, -0.2) is 4.98 Å². The minimum absolute atomic E-state index is 0.0990. The maximum atomic E-state index is 13.7. The molecule has 0 aliphatic heterocycles. The fourth-order valence-corrected chi connectivity index (χ4v) is 3.87. The van der Waals surface area contributed by atoms with Gasteiger partial charge in [0.05, 0.1) is 34.1 Å². The van der Waals surface area contributed by atoms with Crippen molar-refractivity contribution < 1.29 is 9.26 Å². The van der Waals surface area contributed by atoms with E-state index in [1.54, 1.807) is 28.2 Å². The van der Waals surface area contributed by atoms with Crippen molar-refractivity contribution in [1.29, 1.82) is 5.26 Å². The Balaban J connectivity index is 2.06. The number of nitrogens with zero attached hydrogens (tertiary/aromatic N) is 6. The molecule has 0 fully saturated rings. The van der Waals surface area contributed by atoms with Crippen LogP contribution >= 0.6 is 11.6 Å². The lowest BCUT2D eigenvalue weighted by atomic mass is 10.1. The van der Waals surface area contributed by atoms with Gasteiger partial charge in [-0.15, -0.1) is 0 Å². The summed E-state index contributed by atoms with van der Waals surface area (Å²) in [7, 11) is 1.60. The zero-order chi connectivity index (χ0) is 22.3. The minimum Gasteiger partial charge on any atom is -0.384 e. The average Bonchev–Trinajstić information content (AvgIpc) is 3.41. The molecule has 31 heavy (non-hydrogen) atoms. The molecule has 4 aromatic rings.